The molecule has 7 nitrogen and oxygen atoms in total. The zero-order chi connectivity index (χ0) is 19.7. The molecule has 0 aliphatic carbocycles. The van der Waals surface area contributed by atoms with E-state index >= 15 is 0 Å². The van der Waals surface area contributed by atoms with Gasteiger partial charge < -0.3 is 4.52 Å². The van der Waals surface area contributed by atoms with E-state index in [2.05, 4.69) is 10.1 Å². The molecule has 0 saturated carbocycles. The van der Waals surface area contributed by atoms with E-state index in [1.807, 2.05) is 32.0 Å². The molecule has 0 radical (unpaired) electrons. The lowest BCUT2D eigenvalue weighted by Crippen LogP contribution is -2.29. The van der Waals surface area contributed by atoms with Crippen molar-refractivity contribution in [2.75, 3.05) is 13.1 Å². The van der Waals surface area contributed by atoms with E-state index in [1.54, 1.807) is 22.6 Å². The van der Waals surface area contributed by atoms with Crippen molar-refractivity contribution >= 4 is 10.0 Å². The van der Waals surface area contributed by atoms with Gasteiger partial charge in [-0.3, -0.25) is 9.97 Å². The van der Waals surface area contributed by atoms with E-state index in [-0.39, 0.29) is 10.8 Å². The van der Waals surface area contributed by atoms with Gasteiger partial charge in [0, 0.05) is 31.2 Å². The molecule has 4 rings (SSSR count). The zero-order valence-electron chi connectivity index (χ0n) is 15.9. The third-order valence-corrected chi connectivity index (χ3v) is 6.96. The predicted molar refractivity (Wildman–Crippen MR) is 104 cm³/mol. The molecular formula is C20H22N4O3S. The molecule has 1 unspecified atom stereocenters. The molecule has 1 atom stereocenters. The number of nitrogens with zero attached hydrogens (tertiary/aromatic N) is 4. The first-order valence-electron chi connectivity index (χ1n) is 9.24. The van der Waals surface area contributed by atoms with E-state index in [9.17, 15) is 8.42 Å². The van der Waals surface area contributed by atoms with E-state index < -0.39 is 10.0 Å². The second-order valence-electron chi connectivity index (χ2n) is 7.12. The van der Waals surface area contributed by atoms with Crippen LogP contribution in [0.2, 0.25) is 0 Å². The van der Waals surface area contributed by atoms with Crippen LogP contribution in [0.5, 0.6) is 0 Å². The minimum Gasteiger partial charge on any atom is -0.361 e. The molecule has 3 aromatic heterocycles. The van der Waals surface area contributed by atoms with Crippen molar-refractivity contribution in [2.45, 2.75) is 31.6 Å². The molecule has 0 bridgehead atoms. The van der Waals surface area contributed by atoms with E-state index in [4.69, 9.17) is 9.51 Å². The number of aromatic nitrogens is 3. The molecule has 1 saturated heterocycles. The quantitative estimate of drug-likeness (QED) is 0.656. The summed E-state index contributed by atoms with van der Waals surface area (Å²) in [4.78, 5) is 8.94. The summed E-state index contributed by atoms with van der Waals surface area (Å²) in [5, 5.41) is 4.00. The molecule has 3 aromatic rings. The Hall–Kier alpha value is -2.58. The molecule has 1 aliphatic heterocycles. The van der Waals surface area contributed by atoms with Gasteiger partial charge in [0.05, 0.1) is 17.0 Å². The van der Waals surface area contributed by atoms with Gasteiger partial charge in [-0.25, -0.2) is 8.42 Å². The third-order valence-electron chi connectivity index (χ3n) is 5.11. The Balaban J connectivity index is 1.49. The molecule has 0 spiro atoms. The Kier molecular flexibility index (Phi) is 4.99. The molecule has 1 aliphatic rings. The number of sulfonamides is 1. The molecule has 28 heavy (non-hydrogen) atoms. The molecule has 8 heteroatoms. The van der Waals surface area contributed by atoms with Crippen LogP contribution < -0.4 is 0 Å². The van der Waals surface area contributed by atoms with Crippen LogP contribution in [0.4, 0.5) is 0 Å². The normalized spacial score (nSPS) is 17.9. The summed E-state index contributed by atoms with van der Waals surface area (Å²) in [5.41, 5.74) is 3.53. The Bertz CT molecular complexity index is 1060. The SMILES string of the molecule is Cc1noc(C)c1-c1cccc(CC2CCN(S(=O)(=O)c3cccnc3)C2)n1. The smallest absolute Gasteiger partial charge is 0.244 e. The molecular weight excluding hydrogens is 376 g/mol. The van der Waals surface area contributed by atoms with E-state index in [0.29, 0.717) is 13.1 Å². The molecule has 1 fully saturated rings. The zero-order valence-corrected chi connectivity index (χ0v) is 16.7. The van der Waals surface area contributed by atoms with Gasteiger partial charge in [-0.15, -0.1) is 0 Å². The van der Waals surface area contributed by atoms with Crippen LogP contribution in [-0.2, 0) is 16.4 Å². The van der Waals surface area contributed by atoms with Gasteiger partial charge in [0.1, 0.15) is 10.7 Å². The Morgan fingerprint density at radius 2 is 2.07 bits per heavy atom. The maximum Gasteiger partial charge on any atom is 0.244 e. The van der Waals surface area contributed by atoms with E-state index in [0.717, 1.165) is 41.2 Å². The van der Waals surface area contributed by atoms with Gasteiger partial charge in [0.25, 0.3) is 0 Å². The fraction of sp³-hybridized carbons (Fsp3) is 0.350. The Labute approximate surface area is 164 Å². The predicted octanol–water partition coefficient (Wildman–Crippen LogP) is 3.00. The number of rotatable bonds is 5. The first-order valence-corrected chi connectivity index (χ1v) is 10.7. The summed E-state index contributed by atoms with van der Waals surface area (Å²) in [5.74, 6) is 0.982. The van der Waals surface area contributed by atoms with Crippen molar-refractivity contribution in [3.05, 3.63) is 59.9 Å². The largest absolute Gasteiger partial charge is 0.361 e. The Morgan fingerprint density at radius 3 is 2.79 bits per heavy atom. The van der Waals surface area contributed by atoms with Gasteiger partial charge in [0.2, 0.25) is 10.0 Å². The van der Waals surface area contributed by atoms with Crippen molar-refractivity contribution in [1.82, 2.24) is 19.4 Å². The number of aryl methyl sites for hydroxylation is 2. The number of hydrogen-bond donors (Lipinski definition) is 0. The molecule has 4 heterocycles. The van der Waals surface area contributed by atoms with Crippen LogP contribution >= 0.6 is 0 Å². The molecule has 0 aromatic carbocycles. The fourth-order valence-electron chi connectivity index (χ4n) is 3.71. The van der Waals surface area contributed by atoms with Gasteiger partial charge in [-0.05, 0) is 56.9 Å². The highest BCUT2D eigenvalue weighted by atomic mass is 32.2. The standard InChI is InChI=1S/C20H22N4O3S/c1-14-20(15(2)27-23-14)19-7-3-5-17(22-19)11-16-8-10-24(13-16)28(25,26)18-6-4-9-21-12-18/h3-7,9,12,16H,8,10-11,13H2,1-2H3. The number of hydrogen-bond acceptors (Lipinski definition) is 6. The van der Waals surface area contributed by atoms with Gasteiger partial charge in [0.15, 0.2) is 0 Å². The topological polar surface area (TPSA) is 89.2 Å². The second kappa shape index (κ2) is 7.44. The minimum atomic E-state index is -3.49. The summed E-state index contributed by atoms with van der Waals surface area (Å²) < 4.78 is 32.3. The lowest BCUT2D eigenvalue weighted by molar-refractivity contribution is 0.393. The van der Waals surface area contributed by atoms with Crippen LogP contribution in [0.15, 0.2) is 52.1 Å². The van der Waals surface area contributed by atoms with Crippen molar-refractivity contribution in [2.24, 2.45) is 5.92 Å². The van der Waals surface area contributed by atoms with Gasteiger partial charge in [-0.2, -0.15) is 4.31 Å². The average Bonchev–Trinajstić information content (AvgIpc) is 3.29. The minimum absolute atomic E-state index is 0.235. The lowest BCUT2D eigenvalue weighted by atomic mass is 10.0. The first-order chi connectivity index (χ1) is 13.4. The third kappa shape index (κ3) is 3.57. The molecule has 0 N–H and O–H groups in total. The van der Waals surface area contributed by atoms with E-state index in [1.165, 1.54) is 6.20 Å². The fourth-order valence-corrected chi connectivity index (χ4v) is 5.20. The highest BCUT2D eigenvalue weighted by Gasteiger charge is 2.32. The second-order valence-corrected chi connectivity index (χ2v) is 9.06. The highest BCUT2D eigenvalue weighted by Crippen LogP contribution is 2.28. The lowest BCUT2D eigenvalue weighted by Gasteiger charge is -2.16. The van der Waals surface area contributed by atoms with Crippen LogP contribution in [0.25, 0.3) is 11.3 Å². The van der Waals surface area contributed by atoms with Gasteiger partial charge >= 0.3 is 0 Å². The highest BCUT2D eigenvalue weighted by molar-refractivity contribution is 7.89. The van der Waals surface area contributed by atoms with Crippen molar-refractivity contribution in [3.8, 4) is 11.3 Å². The summed E-state index contributed by atoms with van der Waals surface area (Å²) in [7, 11) is -3.49. The maximum atomic E-state index is 12.8. The molecule has 146 valence electrons. The summed E-state index contributed by atoms with van der Waals surface area (Å²) in [6, 6.07) is 9.14. The van der Waals surface area contributed by atoms with Crippen LogP contribution in [0, 0.1) is 19.8 Å². The average molecular weight is 398 g/mol. The van der Waals surface area contributed by atoms with Gasteiger partial charge in [-0.1, -0.05) is 11.2 Å². The van der Waals surface area contributed by atoms with Crippen molar-refractivity contribution in [3.63, 3.8) is 0 Å². The summed E-state index contributed by atoms with van der Waals surface area (Å²) in [6.07, 6.45) is 4.52. The Morgan fingerprint density at radius 1 is 1.21 bits per heavy atom. The molecule has 0 amide bonds. The van der Waals surface area contributed by atoms with Crippen LogP contribution in [0.3, 0.4) is 0 Å². The summed E-state index contributed by atoms with van der Waals surface area (Å²) in [6.45, 7) is 4.79. The van der Waals surface area contributed by atoms with Crippen molar-refractivity contribution < 1.29 is 12.9 Å². The summed E-state index contributed by atoms with van der Waals surface area (Å²) >= 11 is 0. The first kappa shape index (κ1) is 18.8. The monoisotopic (exact) mass is 398 g/mol. The van der Waals surface area contributed by atoms with Crippen LogP contribution in [-0.4, -0.2) is 40.9 Å². The van der Waals surface area contributed by atoms with Crippen molar-refractivity contribution in [1.29, 1.82) is 0 Å². The maximum absolute atomic E-state index is 12.8. The number of pyridine rings is 2. The van der Waals surface area contributed by atoms with Crippen LogP contribution in [0.1, 0.15) is 23.6 Å².